The predicted molar refractivity (Wildman–Crippen MR) is 49.7 cm³/mol. The molecule has 1 saturated heterocycles. The van der Waals surface area contributed by atoms with Crippen molar-refractivity contribution >= 4 is 11.8 Å². The van der Waals surface area contributed by atoms with Gasteiger partial charge in [-0.15, -0.1) is 0 Å². The summed E-state index contributed by atoms with van der Waals surface area (Å²) in [7, 11) is 0. The van der Waals surface area contributed by atoms with E-state index < -0.39 is 5.92 Å². The Labute approximate surface area is 83.0 Å². The van der Waals surface area contributed by atoms with Gasteiger partial charge in [-0.2, -0.15) is 0 Å². The second-order valence-corrected chi connectivity index (χ2v) is 4.11. The maximum absolute atomic E-state index is 11.6. The fourth-order valence-corrected chi connectivity index (χ4v) is 1.91. The number of rotatable bonds is 2. The largest absolute Gasteiger partial charge is 0.465 e. The van der Waals surface area contributed by atoms with Crippen molar-refractivity contribution in [2.45, 2.75) is 31.7 Å². The highest BCUT2D eigenvalue weighted by atomic mass is 16.5. The average Bonchev–Trinajstić information content (AvgIpc) is 2.85. The predicted octanol–water partition coefficient (Wildman–Crippen LogP) is 0.261. The van der Waals surface area contributed by atoms with Gasteiger partial charge in [-0.05, 0) is 19.8 Å². The lowest BCUT2D eigenvalue weighted by atomic mass is 9.92. The van der Waals surface area contributed by atoms with Gasteiger partial charge in [0.05, 0.1) is 6.61 Å². The van der Waals surface area contributed by atoms with Crippen molar-refractivity contribution in [1.29, 1.82) is 0 Å². The number of ketones is 1. The van der Waals surface area contributed by atoms with Gasteiger partial charge in [-0.1, -0.05) is 0 Å². The Morgan fingerprint density at radius 1 is 1.64 bits per heavy atom. The minimum atomic E-state index is -0.568. The summed E-state index contributed by atoms with van der Waals surface area (Å²) in [6.45, 7) is 2.55. The highest BCUT2D eigenvalue weighted by Crippen LogP contribution is 2.41. The molecule has 0 aromatic carbocycles. The number of hydrogen-bond donors (Lipinski definition) is 1. The molecule has 0 amide bonds. The molecule has 4 nitrogen and oxygen atoms in total. The Morgan fingerprint density at radius 3 is 2.86 bits per heavy atom. The molecular weight excluding hydrogens is 182 g/mol. The van der Waals surface area contributed by atoms with Crippen molar-refractivity contribution in [3.8, 4) is 0 Å². The van der Waals surface area contributed by atoms with Crippen LogP contribution in [0.3, 0.4) is 0 Å². The number of hydrogen-bond acceptors (Lipinski definition) is 4. The maximum Gasteiger partial charge on any atom is 0.317 e. The third kappa shape index (κ3) is 1.66. The zero-order valence-electron chi connectivity index (χ0n) is 8.34. The van der Waals surface area contributed by atoms with Crippen LogP contribution >= 0.6 is 0 Å². The quantitative estimate of drug-likeness (QED) is 0.509. The van der Waals surface area contributed by atoms with Crippen LogP contribution in [0.2, 0.25) is 0 Å². The first-order valence-corrected chi connectivity index (χ1v) is 5.11. The molecule has 1 spiro atoms. The summed E-state index contributed by atoms with van der Waals surface area (Å²) in [6.07, 6.45) is 2.62. The van der Waals surface area contributed by atoms with Crippen LogP contribution in [0.15, 0.2) is 0 Å². The molecule has 14 heavy (non-hydrogen) atoms. The van der Waals surface area contributed by atoms with Gasteiger partial charge in [0.25, 0.3) is 0 Å². The van der Waals surface area contributed by atoms with E-state index in [-0.39, 0.29) is 17.3 Å². The third-order valence-electron chi connectivity index (χ3n) is 3.01. The average molecular weight is 197 g/mol. The SMILES string of the molecule is CCOC(=O)[C@@H]1CNC2(CC2)CC1=O. The minimum Gasteiger partial charge on any atom is -0.465 e. The number of Topliss-reactive ketones (excluding diaryl/α,β-unsaturated/α-hetero) is 1. The highest BCUT2D eigenvalue weighted by Gasteiger charge is 2.50. The van der Waals surface area contributed by atoms with E-state index in [0.29, 0.717) is 19.6 Å². The molecule has 0 bridgehead atoms. The number of piperidine rings is 1. The molecule has 2 aliphatic rings. The van der Waals surface area contributed by atoms with E-state index in [1.54, 1.807) is 6.92 Å². The molecule has 1 heterocycles. The Balaban J connectivity index is 1.95. The van der Waals surface area contributed by atoms with Crippen molar-refractivity contribution in [2.24, 2.45) is 5.92 Å². The van der Waals surface area contributed by atoms with Crippen molar-refractivity contribution in [2.75, 3.05) is 13.2 Å². The molecule has 2 fully saturated rings. The smallest absolute Gasteiger partial charge is 0.317 e. The van der Waals surface area contributed by atoms with Gasteiger partial charge < -0.3 is 10.1 Å². The molecule has 0 aromatic heterocycles. The molecule has 1 aliphatic carbocycles. The van der Waals surface area contributed by atoms with Gasteiger partial charge in [0.1, 0.15) is 11.7 Å². The Morgan fingerprint density at radius 2 is 2.36 bits per heavy atom. The summed E-state index contributed by atoms with van der Waals surface area (Å²) in [5.74, 6) is -0.902. The Kier molecular flexibility index (Phi) is 2.31. The van der Waals surface area contributed by atoms with Crippen LogP contribution in [0.4, 0.5) is 0 Å². The zero-order valence-corrected chi connectivity index (χ0v) is 8.34. The molecule has 4 heteroatoms. The molecular formula is C10H15NO3. The molecule has 0 aromatic rings. The highest BCUT2D eigenvalue weighted by molar-refractivity contribution is 6.00. The summed E-state index contributed by atoms with van der Waals surface area (Å²) in [5, 5.41) is 3.27. The van der Waals surface area contributed by atoms with E-state index in [0.717, 1.165) is 12.8 Å². The van der Waals surface area contributed by atoms with Crippen LogP contribution in [0.25, 0.3) is 0 Å². The summed E-state index contributed by atoms with van der Waals surface area (Å²) >= 11 is 0. The molecule has 1 atom stereocenters. The van der Waals surface area contributed by atoms with Gasteiger partial charge >= 0.3 is 5.97 Å². The van der Waals surface area contributed by atoms with Gasteiger partial charge in [0, 0.05) is 18.5 Å². The van der Waals surface area contributed by atoms with Crippen LogP contribution in [-0.4, -0.2) is 30.4 Å². The van der Waals surface area contributed by atoms with E-state index in [1.807, 2.05) is 0 Å². The first kappa shape index (κ1) is 9.65. The zero-order chi connectivity index (χ0) is 10.2. The van der Waals surface area contributed by atoms with E-state index in [2.05, 4.69) is 5.32 Å². The van der Waals surface area contributed by atoms with Crippen LogP contribution < -0.4 is 5.32 Å². The maximum atomic E-state index is 11.6. The summed E-state index contributed by atoms with van der Waals surface area (Å²) < 4.78 is 4.84. The van der Waals surface area contributed by atoms with Crippen LogP contribution in [-0.2, 0) is 14.3 Å². The topological polar surface area (TPSA) is 55.4 Å². The Hall–Kier alpha value is -0.900. The van der Waals surface area contributed by atoms with Gasteiger partial charge in [0.2, 0.25) is 0 Å². The number of esters is 1. The molecule has 0 unspecified atom stereocenters. The van der Waals surface area contributed by atoms with Gasteiger partial charge in [-0.3, -0.25) is 9.59 Å². The van der Waals surface area contributed by atoms with Gasteiger partial charge in [-0.25, -0.2) is 0 Å². The van der Waals surface area contributed by atoms with Crippen LogP contribution in [0, 0.1) is 5.92 Å². The summed E-state index contributed by atoms with van der Waals surface area (Å²) in [5.41, 5.74) is 0.0556. The Bertz CT molecular complexity index is 271. The lowest BCUT2D eigenvalue weighted by Crippen LogP contribution is -2.49. The van der Waals surface area contributed by atoms with Gasteiger partial charge in [0.15, 0.2) is 0 Å². The second kappa shape index (κ2) is 3.35. The summed E-state index contributed by atoms with van der Waals surface area (Å²) in [4.78, 5) is 23.0. The van der Waals surface area contributed by atoms with E-state index in [1.165, 1.54) is 0 Å². The first-order chi connectivity index (χ1) is 6.67. The number of carbonyl (C=O) groups is 2. The molecule has 2 rings (SSSR count). The van der Waals surface area contributed by atoms with Crippen molar-refractivity contribution in [1.82, 2.24) is 5.32 Å². The summed E-state index contributed by atoms with van der Waals surface area (Å²) in [6, 6.07) is 0. The van der Waals surface area contributed by atoms with Crippen molar-refractivity contribution < 1.29 is 14.3 Å². The van der Waals surface area contributed by atoms with Crippen LogP contribution in [0.5, 0.6) is 0 Å². The van der Waals surface area contributed by atoms with E-state index >= 15 is 0 Å². The second-order valence-electron chi connectivity index (χ2n) is 4.11. The number of ether oxygens (including phenoxy) is 1. The van der Waals surface area contributed by atoms with Crippen molar-refractivity contribution in [3.63, 3.8) is 0 Å². The lowest BCUT2D eigenvalue weighted by Gasteiger charge is -2.27. The molecule has 1 N–H and O–H groups in total. The lowest BCUT2D eigenvalue weighted by molar-refractivity contribution is -0.152. The fourth-order valence-electron chi connectivity index (χ4n) is 1.91. The normalized spacial score (nSPS) is 28.9. The first-order valence-electron chi connectivity index (χ1n) is 5.11. The fraction of sp³-hybridized carbons (Fsp3) is 0.800. The van der Waals surface area contributed by atoms with Crippen molar-refractivity contribution in [3.05, 3.63) is 0 Å². The monoisotopic (exact) mass is 197 g/mol. The third-order valence-corrected chi connectivity index (χ3v) is 3.01. The number of nitrogens with one attached hydrogen (secondary N) is 1. The van der Waals surface area contributed by atoms with Crippen LogP contribution in [0.1, 0.15) is 26.2 Å². The number of carbonyl (C=O) groups excluding carboxylic acids is 2. The van der Waals surface area contributed by atoms with E-state index in [9.17, 15) is 9.59 Å². The minimum absolute atomic E-state index is 0.0414. The molecule has 78 valence electrons. The molecule has 1 saturated carbocycles. The standard InChI is InChI=1S/C10H15NO3/c1-2-14-9(13)7-6-11-10(3-4-10)5-8(7)12/h7,11H,2-6H2,1H3/t7-/m1/s1. The molecule has 1 aliphatic heterocycles. The van der Waals surface area contributed by atoms with E-state index in [4.69, 9.17) is 4.74 Å². The molecule has 0 radical (unpaired) electrons.